The Morgan fingerprint density at radius 3 is 2.84 bits per heavy atom. The monoisotopic (exact) mass is 274 g/mol. The van der Waals surface area contributed by atoms with Crippen LogP contribution >= 0.6 is 11.8 Å². The Morgan fingerprint density at radius 2 is 2.11 bits per heavy atom. The van der Waals surface area contributed by atoms with Crippen LogP contribution in [-0.4, -0.2) is 23.0 Å². The van der Waals surface area contributed by atoms with Gasteiger partial charge in [-0.1, -0.05) is 30.0 Å². The van der Waals surface area contributed by atoms with Crippen LogP contribution < -0.4 is 0 Å². The Balaban J connectivity index is 2.13. The van der Waals surface area contributed by atoms with Crippen molar-refractivity contribution in [1.82, 2.24) is 9.97 Å². The first-order valence-electron chi connectivity index (χ1n) is 5.79. The van der Waals surface area contributed by atoms with E-state index >= 15 is 0 Å². The van der Waals surface area contributed by atoms with Crippen LogP contribution in [0.15, 0.2) is 41.7 Å². The fraction of sp³-hybridized carbons (Fsp3) is 0.214. The van der Waals surface area contributed by atoms with Gasteiger partial charge in [0, 0.05) is 17.6 Å². The fourth-order valence-electron chi connectivity index (χ4n) is 1.59. The van der Waals surface area contributed by atoms with Crippen LogP contribution in [-0.2, 0) is 10.5 Å². The number of carbonyl (C=O) groups excluding carboxylic acids is 1. The molecule has 4 nitrogen and oxygen atoms in total. The molecule has 0 aliphatic rings. The summed E-state index contributed by atoms with van der Waals surface area (Å²) in [4.78, 5) is 20.1. The van der Waals surface area contributed by atoms with E-state index in [1.165, 1.54) is 18.9 Å². The summed E-state index contributed by atoms with van der Waals surface area (Å²) in [5, 5.41) is 0.708. The van der Waals surface area contributed by atoms with Gasteiger partial charge in [0.2, 0.25) is 0 Å². The second kappa shape index (κ2) is 6.33. The van der Waals surface area contributed by atoms with Gasteiger partial charge in [0.05, 0.1) is 12.7 Å². The number of carbonyl (C=O) groups is 1. The van der Waals surface area contributed by atoms with Crippen LogP contribution in [0.4, 0.5) is 0 Å². The average Bonchev–Trinajstić information content (AvgIpc) is 2.45. The second-order valence-electron chi connectivity index (χ2n) is 3.92. The number of benzene rings is 1. The van der Waals surface area contributed by atoms with E-state index in [-0.39, 0.29) is 5.97 Å². The van der Waals surface area contributed by atoms with Crippen molar-refractivity contribution >= 4 is 17.7 Å². The zero-order chi connectivity index (χ0) is 13.7. The number of ether oxygens (including phenoxy) is 1. The van der Waals surface area contributed by atoms with Crippen molar-refractivity contribution in [2.24, 2.45) is 0 Å². The maximum Gasteiger partial charge on any atom is 0.338 e. The smallest absolute Gasteiger partial charge is 0.338 e. The second-order valence-corrected chi connectivity index (χ2v) is 4.86. The summed E-state index contributed by atoms with van der Waals surface area (Å²) >= 11 is 1.50. The summed E-state index contributed by atoms with van der Waals surface area (Å²) in [5.74, 6) is 0.315. The molecule has 0 aliphatic carbocycles. The number of methoxy groups -OCH3 is 1. The number of nitrogens with zero attached hydrogens (tertiary/aromatic N) is 2. The molecule has 0 aliphatic heterocycles. The van der Waals surface area contributed by atoms with Gasteiger partial charge in [-0.2, -0.15) is 0 Å². The van der Waals surface area contributed by atoms with Crippen molar-refractivity contribution in [3.63, 3.8) is 0 Å². The van der Waals surface area contributed by atoms with Gasteiger partial charge < -0.3 is 4.74 Å². The third-order valence-corrected chi connectivity index (χ3v) is 3.46. The minimum absolute atomic E-state index is 0.318. The van der Waals surface area contributed by atoms with Crippen molar-refractivity contribution in [3.8, 4) is 0 Å². The molecule has 0 bridgehead atoms. The van der Waals surface area contributed by atoms with Crippen LogP contribution in [0.2, 0.25) is 0 Å². The van der Waals surface area contributed by atoms with Crippen LogP contribution in [0, 0.1) is 6.92 Å². The Hall–Kier alpha value is -1.88. The van der Waals surface area contributed by atoms with Gasteiger partial charge in [-0.25, -0.2) is 14.8 Å². The summed E-state index contributed by atoms with van der Waals surface area (Å²) < 4.78 is 4.77. The predicted octanol–water partition coefficient (Wildman–Crippen LogP) is 2.86. The minimum atomic E-state index is -0.318. The van der Waals surface area contributed by atoms with E-state index in [0.29, 0.717) is 16.5 Å². The quantitative estimate of drug-likeness (QED) is 0.487. The molecule has 2 rings (SSSR count). The number of hydrogen-bond acceptors (Lipinski definition) is 5. The van der Waals surface area contributed by atoms with Gasteiger partial charge in [0.1, 0.15) is 0 Å². The molecule has 0 spiro atoms. The molecule has 2 aromatic rings. The molecular formula is C14H14N2O2S. The Labute approximate surface area is 116 Å². The third-order valence-electron chi connectivity index (χ3n) is 2.55. The first-order valence-corrected chi connectivity index (χ1v) is 6.78. The van der Waals surface area contributed by atoms with Crippen molar-refractivity contribution in [1.29, 1.82) is 0 Å². The highest BCUT2D eigenvalue weighted by atomic mass is 32.2. The highest BCUT2D eigenvalue weighted by Crippen LogP contribution is 2.21. The average molecular weight is 274 g/mol. The first kappa shape index (κ1) is 13.5. The minimum Gasteiger partial charge on any atom is -0.465 e. The standard InChI is InChI=1S/C14H14N2O2S/c1-10-7-8-15-14(16-10)19-9-11-5-3-4-6-12(11)13(17)18-2/h3-8H,9H2,1-2H3. The van der Waals surface area contributed by atoms with Crippen LogP contribution in [0.25, 0.3) is 0 Å². The van der Waals surface area contributed by atoms with E-state index in [1.54, 1.807) is 12.3 Å². The summed E-state index contributed by atoms with van der Waals surface area (Å²) in [7, 11) is 1.38. The molecule has 1 heterocycles. The largest absolute Gasteiger partial charge is 0.465 e. The molecule has 0 saturated carbocycles. The van der Waals surface area contributed by atoms with Crippen molar-refractivity contribution in [3.05, 3.63) is 53.3 Å². The van der Waals surface area contributed by atoms with Gasteiger partial charge >= 0.3 is 5.97 Å². The van der Waals surface area contributed by atoms with Gasteiger partial charge in [-0.15, -0.1) is 0 Å². The lowest BCUT2D eigenvalue weighted by Gasteiger charge is -2.06. The zero-order valence-electron chi connectivity index (χ0n) is 10.8. The van der Waals surface area contributed by atoms with E-state index in [9.17, 15) is 4.79 Å². The normalized spacial score (nSPS) is 10.2. The molecule has 0 saturated heterocycles. The van der Waals surface area contributed by atoms with Gasteiger partial charge in [0.25, 0.3) is 0 Å². The van der Waals surface area contributed by atoms with Crippen LogP contribution in [0.1, 0.15) is 21.6 Å². The highest BCUT2D eigenvalue weighted by Gasteiger charge is 2.11. The van der Waals surface area contributed by atoms with Gasteiger partial charge in [-0.3, -0.25) is 0 Å². The lowest BCUT2D eigenvalue weighted by Crippen LogP contribution is -2.04. The lowest BCUT2D eigenvalue weighted by molar-refractivity contribution is 0.0600. The number of aryl methyl sites for hydroxylation is 1. The number of thioether (sulfide) groups is 1. The first-order chi connectivity index (χ1) is 9.20. The van der Waals surface area contributed by atoms with Crippen molar-refractivity contribution < 1.29 is 9.53 Å². The topological polar surface area (TPSA) is 52.1 Å². The predicted molar refractivity (Wildman–Crippen MR) is 74.1 cm³/mol. The summed E-state index contributed by atoms with van der Waals surface area (Å²) in [5.41, 5.74) is 2.44. The van der Waals surface area contributed by atoms with E-state index < -0.39 is 0 Å². The highest BCUT2D eigenvalue weighted by molar-refractivity contribution is 7.98. The maximum atomic E-state index is 11.6. The van der Waals surface area contributed by atoms with Crippen molar-refractivity contribution in [2.75, 3.05) is 7.11 Å². The molecule has 19 heavy (non-hydrogen) atoms. The molecule has 1 aromatic heterocycles. The van der Waals surface area contributed by atoms with Crippen LogP contribution in [0.3, 0.4) is 0 Å². The maximum absolute atomic E-state index is 11.6. The molecular weight excluding hydrogens is 260 g/mol. The van der Waals surface area contributed by atoms with E-state index in [2.05, 4.69) is 9.97 Å². The third kappa shape index (κ3) is 3.54. The molecule has 0 unspecified atom stereocenters. The Morgan fingerprint density at radius 1 is 1.32 bits per heavy atom. The van der Waals surface area contributed by atoms with E-state index in [4.69, 9.17) is 4.74 Å². The molecule has 0 radical (unpaired) electrons. The number of hydrogen-bond donors (Lipinski definition) is 0. The molecule has 0 atom stereocenters. The number of rotatable bonds is 4. The zero-order valence-corrected chi connectivity index (χ0v) is 11.6. The Kier molecular flexibility index (Phi) is 4.52. The van der Waals surface area contributed by atoms with E-state index in [1.807, 2.05) is 31.2 Å². The summed E-state index contributed by atoms with van der Waals surface area (Å²) in [6, 6.07) is 9.25. The fourth-order valence-corrected chi connectivity index (χ4v) is 2.47. The molecule has 98 valence electrons. The van der Waals surface area contributed by atoms with Crippen molar-refractivity contribution in [2.45, 2.75) is 17.8 Å². The van der Waals surface area contributed by atoms with Gasteiger partial charge in [-0.05, 0) is 24.6 Å². The molecule has 0 fully saturated rings. The summed E-state index contributed by atoms with van der Waals surface area (Å²) in [6.45, 7) is 1.92. The van der Waals surface area contributed by atoms with Crippen LogP contribution in [0.5, 0.6) is 0 Å². The molecule has 0 N–H and O–H groups in total. The molecule has 5 heteroatoms. The SMILES string of the molecule is COC(=O)c1ccccc1CSc1nccc(C)n1. The number of aromatic nitrogens is 2. The van der Waals surface area contributed by atoms with E-state index in [0.717, 1.165) is 11.3 Å². The van der Waals surface area contributed by atoms with Gasteiger partial charge in [0.15, 0.2) is 5.16 Å². The lowest BCUT2D eigenvalue weighted by atomic mass is 10.1. The molecule has 1 aromatic carbocycles. The Bertz CT molecular complexity index is 587. The molecule has 0 amide bonds. The summed E-state index contributed by atoms with van der Waals surface area (Å²) in [6.07, 6.45) is 1.73. The number of esters is 1.